The second-order valence-corrected chi connectivity index (χ2v) is 8.10. The summed E-state index contributed by atoms with van der Waals surface area (Å²) in [6.07, 6.45) is 0. The second-order valence-electron chi connectivity index (χ2n) is 7.16. The van der Waals surface area contributed by atoms with E-state index >= 15 is 0 Å². The summed E-state index contributed by atoms with van der Waals surface area (Å²) >= 11 is 1.46. The molecule has 0 bridgehead atoms. The van der Waals surface area contributed by atoms with Gasteiger partial charge in [-0.05, 0) is 26.0 Å². The Morgan fingerprint density at radius 2 is 1.77 bits per heavy atom. The molecular formula is C21H29N5O3S. The highest BCUT2D eigenvalue weighted by Crippen LogP contribution is 2.22. The molecule has 9 heteroatoms. The Balaban J connectivity index is 1.48. The molecule has 0 spiro atoms. The Bertz CT molecular complexity index is 863. The van der Waals surface area contributed by atoms with Gasteiger partial charge in [0.2, 0.25) is 5.91 Å². The van der Waals surface area contributed by atoms with Crippen molar-refractivity contribution >= 4 is 29.4 Å². The van der Waals surface area contributed by atoms with Gasteiger partial charge in [0.1, 0.15) is 0 Å². The van der Waals surface area contributed by atoms with E-state index in [2.05, 4.69) is 14.9 Å². The van der Waals surface area contributed by atoms with Crippen LogP contribution in [0, 0.1) is 13.8 Å². The van der Waals surface area contributed by atoms with Crippen LogP contribution < -0.4 is 5.32 Å². The first kappa shape index (κ1) is 22.2. The molecular weight excluding hydrogens is 402 g/mol. The van der Waals surface area contributed by atoms with Crippen LogP contribution in [-0.2, 0) is 16.1 Å². The molecule has 2 aromatic rings. The van der Waals surface area contributed by atoms with E-state index in [1.807, 2.05) is 49.1 Å². The number of aromatic nitrogens is 2. The summed E-state index contributed by atoms with van der Waals surface area (Å²) in [5.74, 6) is 0.402. The number of amides is 3. The van der Waals surface area contributed by atoms with Crippen LogP contribution in [0.15, 0.2) is 35.5 Å². The summed E-state index contributed by atoms with van der Waals surface area (Å²) in [4.78, 5) is 33.2. The first-order chi connectivity index (χ1) is 14.5. The van der Waals surface area contributed by atoms with Crippen molar-refractivity contribution in [1.29, 1.82) is 0 Å². The van der Waals surface area contributed by atoms with Gasteiger partial charge in [0, 0.05) is 51.2 Å². The maximum absolute atomic E-state index is 12.7. The number of imidazole rings is 1. The average Bonchev–Trinajstić information content (AvgIpc) is 3.04. The summed E-state index contributed by atoms with van der Waals surface area (Å²) in [5, 5.41) is 3.73. The number of aryl methyl sites for hydroxylation is 1. The highest BCUT2D eigenvalue weighted by Gasteiger charge is 2.24. The molecule has 30 heavy (non-hydrogen) atoms. The van der Waals surface area contributed by atoms with Gasteiger partial charge in [-0.15, -0.1) is 0 Å². The molecule has 2 heterocycles. The number of rotatable bonds is 7. The van der Waals surface area contributed by atoms with E-state index in [1.54, 1.807) is 12.0 Å². The van der Waals surface area contributed by atoms with Crippen LogP contribution in [0.1, 0.15) is 11.4 Å². The monoisotopic (exact) mass is 431 g/mol. The van der Waals surface area contributed by atoms with Crippen molar-refractivity contribution < 1.29 is 14.3 Å². The summed E-state index contributed by atoms with van der Waals surface area (Å²) in [6, 6.07) is 9.25. The van der Waals surface area contributed by atoms with Crippen molar-refractivity contribution in [2.24, 2.45) is 0 Å². The van der Waals surface area contributed by atoms with Gasteiger partial charge in [0.15, 0.2) is 5.16 Å². The summed E-state index contributed by atoms with van der Waals surface area (Å²) in [6.45, 7) is 7.45. The molecule has 0 radical (unpaired) electrons. The van der Waals surface area contributed by atoms with Crippen molar-refractivity contribution in [1.82, 2.24) is 19.4 Å². The van der Waals surface area contributed by atoms with Crippen molar-refractivity contribution in [3.8, 4) is 0 Å². The molecule has 0 saturated carbocycles. The van der Waals surface area contributed by atoms with Crippen LogP contribution in [0.5, 0.6) is 0 Å². The maximum Gasteiger partial charge on any atom is 0.321 e. The number of thioether (sulfide) groups is 1. The van der Waals surface area contributed by atoms with Crippen LogP contribution in [0.2, 0.25) is 0 Å². The molecule has 3 amide bonds. The minimum absolute atomic E-state index is 0.0692. The summed E-state index contributed by atoms with van der Waals surface area (Å²) < 4.78 is 7.28. The average molecular weight is 432 g/mol. The fraction of sp³-hybridized carbons (Fsp3) is 0.476. The zero-order valence-electron chi connectivity index (χ0n) is 17.8. The third-order valence-electron chi connectivity index (χ3n) is 5.21. The summed E-state index contributed by atoms with van der Waals surface area (Å²) in [5.41, 5.74) is 2.84. The van der Waals surface area contributed by atoms with E-state index in [4.69, 9.17) is 4.74 Å². The number of nitrogens with one attached hydrogen (secondary N) is 1. The standard InChI is InChI=1S/C21H29N5O3S/c1-16-17(2)26(13-14-29-3)21(22-16)30-15-19(27)24-9-11-25(12-10-24)20(28)23-18-7-5-4-6-8-18/h4-8H,9-15H2,1-3H3,(H,23,28). The lowest BCUT2D eigenvalue weighted by atomic mass is 10.3. The number of benzene rings is 1. The minimum atomic E-state index is -0.131. The molecule has 0 atom stereocenters. The number of carbonyl (C=O) groups is 2. The number of nitrogens with zero attached hydrogens (tertiary/aromatic N) is 4. The molecule has 1 N–H and O–H groups in total. The van der Waals surface area contributed by atoms with Gasteiger partial charge in [0.25, 0.3) is 0 Å². The zero-order valence-corrected chi connectivity index (χ0v) is 18.6. The molecule has 1 aliphatic rings. The van der Waals surface area contributed by atoms with E-state index in [9.17, 15) is 9.59 Å². The van der Waals surface area contributed by atoms with Gasteiger partial charge in [-0.2, -0.15) is 0 Å². The Morgan fingerprint density at radius 1 is 1.10 bits per heavy atom. The number of anilines is 1. The van der Waals surface area contributed by atoms with Crippen LogP contribution in [0.3, 0.4) is 0 Å². The van der Waals surface area contributed by atoms with Gasteiger partial charge in [-0.3, -0.25) is 4.79 Å². The number of piperazine rings is 1. The van der Waals surface area contributed by atoms with Crippen LogP contribution in [-0.4, -0.2) is 76.9 Å². The first-order valence-electron chi connectivity index (χ1n) is 10.0. The van der Waals surface area contributed by atoms with Crippen LogP contribution in [0.25, 0.3) is 0 Å². The van der Waals surface area contributed by atoms with E-state index in [-0.39, 0.29) is 11.9 Å². The molecule has 1 aromatic heterocycles. The Morgan fingerprint density at radius 3 is 2.43 bits per heavy atom. The number of hydrogen-bond donors (Lipinski definition) is 1. The largest absolute Gasteiger partial charge is 0.383 e. The molecule has 8 nitrogen and oxygen atoms in total. The predicted octanol–water partition coefficient (Wildman–Crippen LogP) is 2.61. The van der Waals surface area contributed by atoms with E-state index in [0.29, 0.717) is 38.5 Å². The Kier molecular flexibility index (Phi) is 7.75. The van der Waals surface area contributed by atoms with Crippen LogP contribution in [0.4, 0.5) is 10.5 Å². The highest BCUT2D eigenvalue weighted by atomic mass is 32.2. The first-order valence-corrected chi connectivity index (χ1v) is 11.0. The molecule has 1 fully saturated rings. The quantitative estimate of drug-likeness (QED) is 0.682. The highest BCUT2D eigenvalue weighted by molar-refractivity contribution is 7.99. The van der Waals surface area contributed by atoms with Crippen molar-refractivity contribution in [3.63, 3.8) is 0 Å². The SMILES string of the molecule is COCCn1c(SCC(=O)N2CCN(C(=O)Nc3ccccc3)CC2)nc(C)c1C. The molecule has 1 aromatic carbocycles. The Hall–Kier alpha value is -2.52. The van der Waals surface area contributed by atoms with Crippen molar-refractivity contribution in [2.75, 3.05) is 51.0 Å². The van der Waals surface area contributed by atoms with E-state index in [0.717, 1.165) is 28.8 Å². The number of ether oxygens (including phenoxy) is 1. The van der Waals surface area contributed by atoms with Crippen molar-refractivity contribution in [2.45, 2.75) is 25.5 Å². The predicted molar refractivity (Wildman–Crippen MR) is 118 cm³/mol. The molecule has 1 saturated heterocycles. The third kappa shape index (κ3) is 5.54. The van der Waals surface area contributed by atoms with Gasteiger partial charge in [-0.25, -0.2) is 9.78 Å². The molecule has 162 valence electrons. The number of para-hydroxylation sites is 1. The van der Waals surface area contributed by atoms with Crippen molar-refractivity contribution in [3.05, 3.63) is 41.7 Å². The normalized spacial score (nSPS) is 14.1. The molecule has 0 unspecified atom stereocenters. The molecule has 1 aliphatic heterocycles. The fourth-order valence-electron chi connectivity index (χ4n) is 3.28. The Labute approximate surface area is 181 Å². The topological polar surface area (TPSA) is 79.7 Å². The second kappa shape index (κ2) is 10.5. The van der Waals surface area contributed by atoms with E-state index < -0.39 is 0 Å². The lowest BCUT2D eigenvalue weighted by Crippen LogP contribution is -2.52. The van der Waals surface area contributed by atoms with Gasteiger partial charge >= 0.3 is 6.03 Å². The number of methoxy groups -OCH3 is 1. The lowest BCUT2D eigenvalue weighted by Gasteiger charge is -2.34. The third-order valence-corrected chi connectivity index (χ3v) is 6.17. The molecule has 0 aliphatic carbocycles. The van der Waals surface area contributed by atoms with Crippen LogP contribution >= 0.6 is 11.8 Å². The zero-order chi connectivity index (χ0) is 21.5. The van der Waals surface area contributed by atoms with Gasteiger partial charge < -0.3 is 24.4 Å². The lowest BCUT2D eigenvalue weighted by molar-refractivity contribution is -0.129. The fourth-order valence-corrected chi connectivity index (χ4v) is 4.30. The smallest absolute Gasteiger partial charge is 0.321 e. The van der Waals surface area contributed by atoms with Gasteiger partial charge in [0.05, 0.1) is 18.1 Å². The number of urea groups is 1. The number of carbonyl (C=O) groups excluding carboxylic acids is 2. The van der Waals surface area contributed by atoms with E-state index in [1.165, 1.54) is 11.8 Å². The summed E-state index contributed by atoms with van der Waals surface area (Å²) in [7, 11) is 1.68. The van der Waals surface area contributed by atoms with Gasteiger partial charge in [-0.1, -0.05) is 30.0 Å². The maximum atomic E-state index is 12.7. The minimum Gasteiger partial charge on any atom is -0.383 e. The number of hydrogen-bond acceptors (Lipinski definition) is 5. The molecule has 3 rings (SSSR count).